The van der Waals surface area contributed by atoms with E-state index >= 15 is 0 Å². The van der Waals surface area contributed by atoms with E-state index in [0.717, 1.165) is 29.0 Å². The molecule has 0 radical (unpaired) electrons. The van der Waals surface area contributed by atoms with Gasteiger partial charge in [-0.3, -0.25) is 4.79 Å². The predicted molar refractivity (Wildman–Crippen MR) is 119 cm³/mol. The topological polar surface area (TPSA) is 84.1 Å². The maximum absolute atomic E-state index is 13.1. The van der Waals surface area contributed by atoms with Crippen LogP contribution in [0.25, 0.3) is 0 Å². The molecule has 0 amide bonds. The van der Waals surface area contributed by atoms with Gasteiger partial charge >= 0.3 is 5.97 Å². The van der Waals surface area contributed by atoms with E-state index < -0.39 is 11.9 Å². The van der Waals surface area contributed by atoms with Crippen LogP contribution < -0.4 is 10.9 Å². The Kier molecular flexibility index (Phi) is 6.85. The van der Waals surface area contributed by atoms with Gasteiger partial charge < -0.3 is 15.0 Å². The number of nitrogens with one attached hydrogen (secondary N) is 2. The van der Waals surface area contributed by atoms with Gasteiger partial charge in [0.1, 0.15) is 5.82 Å². The minimum absolute atomic E-state index is 0.221. The molecule has 1 aliphatic heterocycles. The van der Waals surface area contributed by atoms with Crippen molar-refractivity contribution < 1.29 is 9.53 Å². The van der Waals surface area contributed by atoms with Gasteiger partial charge in [0.2, 0.25) is 0 Å². The molecule has 2 N–H and O–H groups in total. The Balaban J connectivity index is 2.12. The zero-order valence-corrected chi connectivity index (χ0v) is 19.1. The molecule has 2 aromatic rings. The number of nitrogens with zero attached hydrogens (tertiary/aromatic N) is 1. The molecule has 8 heteroatoms. The molecule has 0 spiro atoms. The van der Waals surface area contributed by atoms with Crippen molar-refractivity contribution in [1.82, 2.24) is 9.97 Å². The van der Waals surface area contributed by atoms with Gasteiger partial charge in [0.05, 0.1) is 23.2 Å². The number of thioether (sulfide) groups is 1. The minimum Gasteiger partial charge on any atom is -0.460 e. The Morgan fingerprint density at radius 3 is 2.76 bits per heavy atom. The number of H-pyrrole nitrogens is 1. The molecule has 3 heterocycles. The van der Waals surface area contributed by atoms with Crippen LogP contribution in [0.4, 0.5) is 5.82 Å². The molecule has 6 nitrogen and oxygen atoms in total. The van der Waals surface area contributed by atoms with Crippen LogP contribution in [-0.4, -0.2) is 27.8 Å². The van der Waals surface area contributed by atoms with Gasteiger partial charge in [0.25, 0.3) is 5.56 Å². The van der Waals surface area contributed by atoms with E-state index in [1.54, 1.807) is 0 Å². The summed E-state index contributed by atoms with van der Waals surface area (Å²) >= 11 is 3.07. The number of ether oxygens (including phenoxy) is 1. The summed E-state index contributed by atoms with van der Waals surface area (Å²) in [7, 11) is 0. The van der Waals surface area contributed by atoms with Crippen molar-refractivity contribution in [2.75, 3.05) is 11.1 Å². The number of hydrogen-bond acceptors (Lipinski definition) is 7. The smallest absolute Gasteiger partial charge is 0.337 e. The van der Waals surface area contributed by atoms with Gasteiger partial charge in [-0.25, -0.2) is 9.78 Å². The number of carbonyl (C=O) groups is 1. The Morgan fingerprint density at radius 2 is 2.14 bits per heavy atom. The molecular formula is C21H27N3O3S2. The predicted octanol–water partition coefficient (Wildman–Crippen LogP) is 4.82. The molecule has 1 atom stereocenters. The van der Waals surface area contributed by atoms with Gasteiger partial charge in [-0.2, -0.15) is 0 Å². The van der Waals surface area contributed by atoms with Crippen molar-refractivity contribution >= 4 is 34.9 Å². The standard InChI is InChI=1S/C21H27N3O3S2/c1-6-7-9-29-21-23-18-16(19(25)24-21)15(17-12(4)8-10-28-17)14(13(5)22-18)20(26)27-11(2)3/h8,10-11,15H,6-7,9H2,1-5H3,(H2,22,23,24,25)/t15-/m0/s1. The largest absolute Gasteiger partial charge is 0.460 e. The van der Waals surface area contributed by atoms with Gasteiger partial charge in [0, 0.05) is 16.3 Å². The van der Waals surface area contributed by atoms with Crippen LogP contribution >= 0.6 is 23.1 Å². The fourth-order valence-electron chi connectivity index (χ4n) is 3.30. The molecule has 0 unspecified atom stereocenters. The molecule has 0 fully saturated rings. The van der Waals surface area contributed by atoms with E-state index in [4.69, 9.17) is 4.74 Å². The van der Waals surface area contributed by atoms with Crippen molar-refractivity contribution in [3.63, 3.8) is 0 Å². The summed E-state index contributed by atoms with van der Waals surface area (Å²) in [6, 6.07) is 2.00. The third kappa shape index (κ3) is 4.59. The van der Waals surface area contributed by atoms with Crippen LogP contribution in [0.15, 0.2) is 32.7 Å². The molecule has 0 saturated carbocycles. The fourth-order valence-corrected chi connectivity index (χ4v) is 5.29. The summed E-state index contributed by atoms with van der Waals surface area (Å²) in [5, 5.41) is 5.76. The fraction of sp³-hybridized carbons (Fsp3) is 0.476. The normalized spacial score (nSPS) is 16.0. The number of carbonyl (C=O) groups excluding carboxylic acids is 1. The number of rotatable bonds is 7. The molecule has 0 bridgehead atoms. The number of aromatic amines is 1. The average Bonchev–Trinajstić information content (AvgIpc) is 3.05. The maximum Gasteiger partial charge on any atom is 0.337 e. The van der Waals surface area contributed by atoms with Crippen LogP contribution in [0.1, 0.15) is 62.5 Å². The van der Waals surface area contributed by atoms with Crippen molar-refractivity contribution in [2.24, 2.45) is 0 Å². The lowest BCUT2D eigenvalue weighted by molar-refractivity contribution is -0.142. The van der Waals surface area contributed by atoms with E-state index in [1.165, 1.54) is 23.1 Å². The second kappa shape index (κ2) is 9.17. The van der Waals surface area contributed by atoms with Crippen LogP contribution in [0.3, 0.4) is 0 Å². The molecule has 156 valence electrons. The lowest BCUT2D eigenvalue weighted by atomic mass is 9.85. The molecular weight excluding hydrogens is 406 g/mol. The van der Waals surface area contributed by atoms with Gasteiger partial charge in [0.15, 0.2) is 5.16 Å². The molecule has 3 rings (SSSR count). The summed E-state index contributed by atoms with van der Waals surface area (Å²) in [5.74, 6) is 0.508. The Hall–Kier alpha value is -2.06. The Labute approximate surface area is 179 Å². The summed E-state index contributed by atoms with van der Waals surface area (Å²) in [5.41, 5.74) is 2.42. The Morgan fingerprint density at radius 1 is 1.38 bits per heavy atom. The van der Waals surface area contributed by atoms with E-state index in [0.29, 0.717) is 27.8 Å². The van der Waals surface area contributed by atoms with Crippen LogP contribution in [0, 0.1) is 6.92 Å². The highest BCUT2D eigenvalue weighted by Gasteiger charge is 2.38. The molecule has 29 heavy (non-hydrogen) atoms. The molecule has 2 aromatic heterocycles. The van der Waals surface area contributed by atoms with Gasteiger partial charge in [-0.05, 0) is 51.1 Å². The van der Waals surface area contributed by atoms with E-state index in [-0.39, 0.29) is 11.7 Å². The number of fused-ring (bicyclic) bond motifs is 1. The lowest BCUT2D eigenvalue weighted by Gasteiger charge is -2.29. The zero-order chi connectivity index (χ0) is 21.1. The quantitative estimate of drug-likeness (QED) is 0.282. The first-order chi connectivity index (χ1) is 13.8. The van der Waals surface area contributed by atoms with Crippen molar-refractivity contribution in [3.05, 3.63) is 49.1 Å². The maximum atomic E-state index is 13.1. The number of unbranched alkanes of at least 4 members (excludes halogenated alkanes) is 1. The van der Waals surface area contributed by atoms with Crippen molar-refractivity contribution in [2.45, 2.75) is 64.6 Å². The highest BCUT2D eigenvalue weighted by molar-refractivity contribution is 7.99. The van der Waals surface area contributed by atoms with Crippen LogP contribution in [-0.2, 0) is 9.53 Å². The summed E-state index contributed by atoms with van der Waals surface area (Å²) < 4.78 is 5.50. The summed E-state index contributed by atoms with van der Waals surface area (Å²) in [4.78, 5) is 34.6. The molecule has 0 aliphatic carbocycles. The zero-order valence-electron chi connectivity index (χ0n) is 17.4. The third-order valence-electron chi connectivity index (χ3n) is 4.68. The summed E-state index contributed by atoms with van der Waals surface area (Å²) in [6.07, 6.45) is 1.90. The van der Waals surface area contributed by atoms with Gasteiger partial charge in [-0.1, -0.05) is 25.1 Å². The first kappa shape index (κ1) is 21.6. The number of thiophene rings is 1. The van der Waals surface area contributed by atoms with Gasteiger partial charge in [-0.15, -0.1) is 11.3 Å². The number of aryl methyl sites for hydroxylation is 1. The van der Waals surface area contributed by atoms with E-state index in [1.807, 2.05) is 39.1 Å². The second-order valence-corrected chi connectivity index (χ2v) is 9.39. The van der Waals surface area contributed by atoms with E-state index in [2.05, 4.69) is 22.2 Å². The Bertz CT molecular complexity index is 991. The number of hydrogen-bond donors (Lipinski definition) is 2. The van der Waals surface area contributed by atoms with Crippen molar-refractivity contribution in [1.29, 1.82) is 0 Å². The van der Waals surface area contributed by atoms with Crippen LogP contribution in [0.5, 0.6) is 0 Å². The van der Waals surface area contributed by atoms with Crippen molar-refractivity contribution in [3.8, 4) is 0 Å². The minimum atomic E-state index is -0.497. The second-order valence-electron chi connectivity index (χ2n) is 7.35. The monoisotopic (exact) mass is 433 g/mol. The average molecular weight is 434 g/mol. The number of allylic oxidation sites excluding steroid dienone is 1. The third-order valence-corrected chi connectivity index (χ3v) is 6.73. The van der Waals surface area contributed by atoms with E-state index in [9.17, 15) is 9.59 Å². The number of aromatic nitrogens is 2. The lowest BCUT2D eigenvalue weighted by Crippen LogP contribution is -2.31. The highest BCUT2D eigenvalue weighted by atomic mass is 32.2. The SMILES string of the molecule is CCCCSc1nc2c(c(=O)[nH]1)[C@@H](c1sccc1C)C(C(=O)OC(C)C)=C(C)N2. The molecule has 1 aliphatic rings. The number of anilines is 1. The molecule has 0 saturated heterocycles. The van der Waals surface area contributed by atoms with Crippen LogP contribution in [0.2, 0.25) is 0 Å². The first-order valence-corrected chi connectivity index (χ1v) is 11.7. The first-order valence-electron chi connectivity index (χ1n) is 9.83. The molecule has 0 aromatic carbocycles. The highest BCUT2D eigenvalue weighted by Crippen LogP contribution is 2.43. The number of esters is 1. The summed E-state index contributed by atoms with van der Waals surface area (Å²) in [6.45, 7) is 9.59.